The third-order valence-electron chi connectivity index (χ3n) is 5.00. The Balaban J connectivity index is 1.34. The fourth-order valence-electron chi connectivity index (χ4n) is 3.48. The van der Waals surface area contributed by atoms with Gasteiger partial charge in [-0.1, -0.05) is 35.9 Å². The molecule has 1 amide bonds. The number of carbonyl (C=O) groups is 1. The second-order valence-electron chi connectivity index (χ2n) is 6.69. The van der Waals surface area contributed by atoms with Crippen LogP contribution in [0.4, 0.5) is 5.82 Å². The zero-order valence-corrected chi connectivity index (χ0v) is 15.0. The van der Waals surface area contributed by atoms with Crippen molar-refractivity contribution in [1.82, 2.24) is 10.2 Å². The SMILES string of the molecule is O=C(Nc1[nH]ncc1-c1ccc2c(c1)OCO2)[C@H]1C[C@@H]1c1ccccc1Cl. The molecule has 0 radical (unpaired) electrons. The van der Waals surface area contributed by atoms with E-state index in [0.717, 1.165) is 23.1 Å². The third kappa shape index (κ3) is 2.92. The lowest BCUT2D eigenvalue weighted by Gasteiger charge is -2.07. The van der Waals surface area contributed by atoms with Gasteiger partial charge in [0.2, 0.25) is 12.7 Å². The van der Waals surface area contributed by atoms with E-state index in [4.69, 9.17) is 21.1 Å². The van der Waals surface area contributed by atoms with Gasteiger partial charge in [0.15, 0.2) is 11.5 Å². The molecule has 0 saturated heterocycles. The summed E-state index contributed by atoms with van der Waals surface area (Å²) in [4.78, 5) is 12.7. The number of anilines is 1. The Labute approximate surface area is 160 Å². The molecule has 1 aliphatic heterocycles. The second kappa shape index (κ2) is 6.32. The fourth-order valence-corrected chi connectivity index (χ4v) is 3.76. The van der Waals surface area contributed by atoms with Gasteiger partial charge >= 0.3 is 0 Å². The summed E-state index contributed by atoms with van der Waals surface area (Å²) >= 11 is 6.25. The van der Waals surface area contributed by atoms with Crippen molar-refractivity contribution in [2.45, 2.75) is 12.3 Å². The summed E-state index contributed by atoms with van der Waals surface area (Å²) in [5.41, 5.74) is 2.72. The number of aromatic nitrogens is 2. The highest BCUT2D eigenvalue weighted by molar-refractivity contribution is 6.31. The van der Waals surface area contributed by atoms with Crippen LogP contribution < -0.4 is 14.8 Å². The first-order chi connectivity index (χ1) is 13.2. The number of hydrogen-bond acceptors (Lipinski definition) is 4. The quantitative estimate of drug-likeness (QED) is 0.710. The summed E-state index contributed by atoms with van der Waals surface area (Å²) in [7, 11) is 0. The van der Waals surface area contributed by atoms with Crippen LogP contribution in [0.25, 0.3) is 11.1 Å². The molecule has 2 heterocycles. The summed E-state index contributed by atoms with van der Waals surface area (Å²) in [5.74, 6) is 2.02. The van der Waals surface area contributed by atoms with E-state index in [0.29, 0.717) is 22.3 Å². The van der Waals surface area contributed by atoms with Crippen LogP contribution in [0, 0.1) is 5.92 Å². The Morgan fingerprint density at radius 1 is 1.19 bits per heavy atom. The highest BCUT2D eigenvalue weighted by Crippen LogP contribution is 2.50. The van der Waals surface area contributed by atoms with E-state index >= 15 is 0 Å². The molecule has 2 atom stereocenters. The minimum atomic E-state index is -0.0854. The normalized spacial score (nSPS) is 19.7. The maximum atomic E-state index is 12.7. The molecule has 136 valence electrons. The smallest absolute Gasteiger partial charge is 0.231 e. The Morgan fingerprint density at radius 2 is 2.04 bits per heavy atom. The molecule has 2 aromatic carbocycles. The van der Waals surface area contributed by atoms with E-state index in [2.05, 4.69) is 15.5 Å². The number of aromatic amines is 1. The number of ether oxygens (including phenoxy) is 2. The van der Waals surface area contributed by atoms with Crippen LogP contribution in [0.15, 0.2) is 48.7 Å². The minimum absolute atomic E-state index is 0.0360. The van der Waals surface area contributed by atoms with Gasteiger partial charge in [0.1, 0.15) is 5.82 Å². The van der Waals surface area contributed by atoms with Crippen molar-refractivity contribution in [3.8, 4) is 22.6 Å². The van der Waals surface area contributed by atoms with E-state index in [1.807, 2.05) is 42.5 Å². The minimum Gasteiger partial charge on any atom is -0.454 e. The molecule has 2 N–H and O–H groups in total. The number of hydrogen-bond donors (Lipinski definition) is 2. The van der Waals surface area contributed by atoms with Crippen LogP contribution in [0.1, 0.15) is 17.9 Å². The average molecular weight is 382 g/mol. The molecule has 6 nitrogen and oxygen atoms in total. The van der Waals surface area contributed by atoms with Crippen LogP contribution in [0.2, 0.25) is 5.02 Å². The first-order valence-electron chi connectivity index (χ1n) is 8.69. The number of amides is 1. The molecular weight excluding hydrogens is 366 g/mol. The number of nitrogens with zero attached hydrogens (tertiary/aromatic N) is 1. The molecule has 1 saturated carbocycles. The summed E-state index contributed by atoms with van der Waals surface area (Å²) in [6, 6.07) is 13.3. The molecule has 1 aromatic heterocycles. The molecule has 2 aliphatic rings. The largest absolute Gasteiger partial charge is 0.454 e. The van der Waals surface area contributed by atoms with E-state index in [1.165, 1.54) is 0 Å². The predicted molar refractivity (Wildman–Crippen MR) is 101 cm³/mol. The van der Waals surface area contributed by atoms with E-state index in [1.54, 1.807) is 6.20 Å². The number of fused-ring (bicyclic) bond motifs is 1. The topological polar surface area (TPSA) is 76.2 Å². The third-order valence-corrected chi connectivity index (χ3v) is 5.35. The second-order valence-corrected chi connectivity index (χ2v) is 7.09. The molecule has 7 heteroatoms. The van der Waals surface area contributed by atoms with Crippen molar-refractivity contribution in [1.29, 1.82) is 0 Å². The van der Waals surface area contributed by atoms with Gasteiger partial charge in [-0.2, -0.15) is 5.10 Å². The maximum Gasteiger partial charge on any atom is 0.231 e. The molecule has 27 heavy (non-hydrogen) atoms. The van der Waals surface area contributed by atoms with Crippen molar-refractivity contribution in [3.05, 3.63) is 59.2 Å². The summed E-state index contributed by atoms with van der Waals surface area (Å²) in [6.07, 6.45) is 2.48. The lowest BCUT2D eigenvalue weighted by atomic mass is 10.1. The Bertz CT molecular complexity index is 1030. The van der Waals surface area contributed by atoms with Gasteiger partial charge in [0, 0.05) is 16.5 Å². The number of rotatable bonds is 4. The number of nitrogens with one attached hydrogen (secondary N) is 2. The lowest BCUT2D eigenvalue weighted by Crippen LogP contribution is -2.15. The van der Waals surface area contributed by atoms with Crippen LogP contribution in [0.3, 0.4) is 0 Å². The zero-order chi connectivity index (χ0) is 18.4. The lowest BCUT2D eigenvalue weighted by molar-refractivity contribution is -0.117. The predicted octanol–water partition coefficient (Wildman–Crippen LogP) is 4.20. The Kier molecular flexibility index (Phi) is 3.79. The Morgan fingerprint density at radius 3 is 2.93 bits per heavy atom. The van der Waals surface area contributed by atoms with Gasteiger partial charge in [0.25, 0.3) is 0 Å². The molecule has 0 bridgehead atoms. The van der Waals surface area contributed by atoms with Crippen LogP contribution in [-0.4, -0.2) is 22.9 Å². The summed E-state index contributed by atoms with van der Waals surface area (Å²) < 4.78 is 10.8. The molecule has 3 aromatic rings. The van der Waals surface area contributed by atoms with E-state index in [-0.39, 0.29) is 24.5 Å². The van der Waals surface area contributed by atoms with E-state index < -0.39 is 0 Å². The standard InChI is InChI=1S/C20H16ClN3O3/c21-16-4-2-1-3-12(16)13-8-14(13)20(25)23-19-15(9-22-24-19)11-5-6-17-18(7-11)27-10-26-17/h1-7,9,13-14H,8,10H2,(H2,22,23,24,25)/t13-,14+/m1/s1. The average Bonchev–Trinajstić information content (AvgIpc) is 3.10. The maximum absolute atomic E-state index is 12.7. The highest BCUT2D eigenvalue weighted by Gasteiger charge is 2.45. The van der Waals surface area contributed by atoms with Gasteiger partial charge in [-0.05, 0) is 41.7 Å². The van der Waals surface area contributed by atoms with Crippen molar-refractivity contribution in [3.63, 3.8) is 0 Å². The Hall–Kier alpha value is -2.99. The van der Waals surface area contributed by atoms with Crippen molar-refractivity contribution in [2.75, 3.05) is 12.1 Å². The number of carbonyl (C=O) groups excluding carboxylic acids is 1. The highest BCUT2D eigenvalue weighted by atomic mass is 35.5. The van der Waals surface area contributed by atoms with Crippen LogP contribution >= 0.6 is 11.6 Å². The number of H-pyrrole nitrogens is 1. The molecule has 1 fully saturated rings. The van der Waals surface area contributed by atoms with Crippen LogP contribution in [-0.2, 0) is 4.79 Å². The van der Waals surface area contributed by atoms with Gasteiger partial charge < -0.3 is 14.8 Å². The summed E-state index contributed by atoms with van der Waals surface area (Å²) in [6.45, 7) is 0.221. The fraction of sp³-hybridized carbons (Fsp3) is 0.200. The first-order valence-corrected chi connectivity index (χ1v) is 9.07. The van der Waals surface area contributed by atoms with E-state index in [9.17, 15) is 4.79 Å². The van der Waals surface area contributed by atoms with Gasteiger partial charge in [0.05, 0.1) is 6.20 Å². The van der Waals surface area contributed by atoms with Gasteiger partial charge in [-0.25, -0.2) is 0 Å². The number of halogens is 1. The molecular formula is C20H16ClN3O3. The van der Waals surface area contributed by atoms with Gasteiger partial charge in [-0.3, -0.25) is 9.89 Å². The van der Waals surface area contributed by atoms with Crippen molar-refractivity contribution < 1.29 is 14.3 Å². The first kappa shape index (κ1) is 16.2. The zero-order valence-electron chi connectivity index (χ0n) is 14.2. The van der Waals surface area contributed by atoms with Gasteiger partial charge in [-0.15, -0.1) is 0 Å². The van der Waals surface area contributed by atoms with Crippen molar-refractivity contribution >= 4 is 23.3 Å². The van der Waals surface area contributed by atoms with Crippen molar-refractivity contribution in [2.24, 2.45) is 5.92 Å². The van der Waals surface area contributed by atoms with Crippen LogP contribution in [0.5, 0.6) is 11.5 Å². The molecule has 0 spiro atoms. The summed E-state index contributed by atoms with van der Waals surface area (Å²) in [5, 5.41) is 10.6. The monoisotopic (exact) mass is 381 g/mol. The molecule has 5 rings (SSSR count). The molecule has 1 aliphatic carbocycles. The molecule has 0 unspecified atom stereocenters. The number of benzene rings is 2.